The Hall–Kier alpha value is -7.62. The van der Waals surface area contributed by atoms with Gasteiger partial charge >= 0.3 is 0 Å². The van der Waals surface area contributed by atoms with E-state index in [0.717, 1.165) is 50.3 Å². The zero-order valence-corrected chi connectivity index (χ0v) is 40.8. The molecule has 3 aliphatic carbocycles. The Kier molecular flexibility index (Phi) is 7.94. The first-order valence-electron chi connectivity index (χ1n) is 24.6. The molecule has 334 valence electrons. The average Bonchev–Trinajstić information content (AvgIpc) is 4.09. The summed E-state index contributed by atoms with van der Waals surface area (Å²) in [5, 5.41) is 4.75. The second-order valence-electron chi connectivity index (χ2n) is 21.8. The molecular weight excluding hydrogens is 839 g/mol. The van der Waals surface area contributed by atoms with Gasteiger partial charge in [0.2, 0.25) is 0 Å². The molecule has 3 nitrogen and oxygen atoms in total. The van der Waals surface area contributed by atoms with Gasteiger partial charge in [-0.05, 0) is 148 Å². The van der Waals surface area contributed by atoms with E-state index < -0.39 is 0 Å². The van der Waals surface area contributed by atoms with Crippen LogP contribution in [0.15, 0.2) is 167 Å². The monoisotopic (exact) mass is 891 g/mol. The van der Waals surface area contributed by atoms with Crippen LogP contribution in [-0.2, 0) is 16.2 Å². The summed E-state index contributed by atoms with van der Waals surface area (Å²) in [6.45, 7) is 21.1. The van der Waals surface area contributed by atoms with E-state index in [1.165, 1.54) is 105 Å². The number of furan rings is 2. The molecule has 2 heterocycles. The summed E-state index contributed by atoms with van der Waals surface area (Å²) in [7, 11) is 0. The van der Waals surface area contributed by atoms with Crippen molar-refractivity contribution in [3.8, 4) is 44.5 Å². The number of hydrogen-bond donors (Lipinski definition) is 0. The molecule has 69 heavy (non-hydrogen) atoms. The first kappa shape index (κ1) is 40.4. The maximum Gasteiger partial charge on any atom is 0.144 e. The molecule has 0 spiro atoms. The number of para-hydroxylation sites is 2. The van der Waals surface area contributed by atoms with Crippen LogP contribution in [0.25, 0.3) is 88.4 Å². The second kappa shape index (κ2) is 13.5. The van der Waals surface area contributed by atoms with E-state index in [4.69, 9.17) is 8.83 Å². The van der Waals surface area contributed by atoms with Crippen molar-refractivity contribution in [2.45, 2.75) is 78.6 Å². The van der Waals surface area contributed by atoms with Crippen molar-refractivity contribution in [2.75, 3.05) is 4.90 Å². The van der Waals surface area contributed by atoms with Gasteiger partial charge in [0.25, 0.3) is 0 Å². The van der Waals surface area contributed by atoms with E-state index >= 15 is 0 Å². The summed E-state index contributed by atoms with van der Waals surface area (Å²) in [5.41, 5.74) is 28.3. The highest BCUT2D eigenvalue weighted by Gasteiger charge is 2.49. The predicted octanol–water partition coefficient (Wildman–Crippen LogP) is 18.5. The van der Waals surface area contributed by atoms with Crippen LogP contribution in [0.5, 0.6) is 0 Å². The predicted molar refractivity (Wildman–Crippen MR) is 288 cm³/mol. The zero-order valence-electron chi connectivity index (χ0n) is 40.8. The Morgan fingerprint density at radius 2 is 0.870 bits per heavy atom. The largest absolute Gasteiger partial charge is 0.455 e. The fraction of sp³-hybridized carbons (Fsp3) is 0.182. The summed E-state index contributed by atoms with van der Waals surface area (Å²) in [6.07, 6.45) is 0. The van der Waals surface area contributed by atoms with Crippen LogP contribution in [0, 0.1) is 20.8 Å². The molecule has 11 aromatic rings. The van der Waals surface area contributed by atoms with E-state index in [9.17, 15) is 0 Å². The van der Waals surface area contributed by atoms with Crippen LogP contribution in [-0.4, -0.2) is 0 Å². The molecule has 2 aromatic heterocycles. The van der Waals surface area contributed by atoms with Crippen LogP contribution >= 0.6 is 0 Å². The normalized spacial score (nSPS) is 15.4. The standard InChI is InChI=1S/C66H53NO2/c1-36-22-25-39(26-23-36)67(40-27-30-44-50(33-40)64(4,5)52-35-48(42-29-24-37(2)32-38(42)3)62-57(55(44)52)46-17-11-14-20-53(46)68-62)41-28-31-45-51(34-41)66(8,9)60-56(45)58-47-18-12-15-21-54(47)69-63(58)59-43-16-10-13-19-49(43)65(6,7)61(59)60/h10-35H,1-9H3. The number of anilines is 3. The highest BCUT2D eigenvalue weighted by atomic mass is 16.3. The molecule has 0 fully saturated rings. The molecule has 0 saturated carbocycles. The Labute approximate surface area is 403 Å². The highest BCUT2D eigenvalue weighted by Crippen LogP contribution is 2.64. The Balaban J connectivity index is 0.984. The zero-order chi connectivity index (χ0) is 47.0. The van der Waals surface area contributed by atoms with Crippen molar-refractivity contribution in [3.05, 3.63) is 208 Å². The smallest absolute Gasteiger partial charge is 0.144 e. The highest BCUT2D eigenvalue weighted by molar-refractivity contribution is 6.21. The second-order valence-corrected chi connectivity index (χ2v) is 21.8. The quantitative estimate of drug-likeness (QED) is 0.176. The molecule has 0 amide bonds. The van der Waals surface area contributed by atoms with Gasteiger partial charge in [-0.2, -0.15) is 0 Å². The maximum absolute atomic E-state index is 6.98. The molecule has 14 rings (SSSR count). The lowest BCUT2D eigenvalue weighted by atomic mass is 9.72. The van der Waals surface area contributed by atoms with Crippen LogP contribution in [0.2, 0.25) is 0 Å². The minimum absolute atomic E-state index is 0.220. The van der Waals surface area contributed by atoms with Gasteiger partial charge < -0.3 is 13.7 Å². The van der Waals surface area contributed by atoms with E-state index in [2.05, 4.69) is 225 Å². The number of aryl methyl sites for hydroxylation is 3. The first-order valence-corrected chi connectivity index (χ1v) is 24.6. The fourth-order valence-electron chi connectivity index (χ4n) is 13.3. The van der Waals surface area contributed by atoms with Gasteiger partial charge in [-0.3, -0.25) is 0 Å². The maximum atomic E-state index is 6.98. The lowest BCUT2D eigenvalue weighted by Crippen LogP contribution is -2.24. The van der Waals surface area contributed by atoms with Gasteiger partial charge in [0, 0.05) is 66.0 Å². The number of nitrogens with zero attached hydrogens (tertiary/aromatic N) is 1. The van der Waals surface area contributed by atoms with Gasteiger partial charge in [0.1, 0.15) is 22.3 Å². The molecular formula is C66H53NO2. The van der Waals surface area contributed by atoms with Crippen LogP contribution < -0.4 is 4.90 Å². The molecule has 0 radical (unpaired) electrons. The van der Waals surface area contributed by atoms with Crippen molar-refractivity contribution in [1.29, 1.82) is 0 Å². The molecule has 0 aliphatic heterocycles. The van der Waals surface area contributed by atoms with Crippen LogP contribution in [0.3, 0.4) is 0 Å². The fourth-order valence-corrected chi connectivity index (χ4v) is 13.3. The van der Waals surface area contributed by atoms with Crippen molar-refractivity contribution in [3.63, 3.8) is 0 Å². The van der Waals surface area contributed by atoms with Crippen molar-refractivity contribution >= 4 is 60.9 Å². The molecule has 9 aromatic carbocycles. The van der Waals surface area contributed by atoms with Crippen molar-refractivity contribution in [1.82, 2.24) is 0 Å². The lowest BCUT2D eigenvalue weighted by Gasteiger charge is -2.32. The third-order valence-corrected chi connectivity index (χ3v) is 16.6. The molecule has 0 N–H and O–H groups in total. The topological polar surface area (TPSA) is 29.5 Å². The molecule has 0 bridgehead atoms. The Bertz CT molecular complexity index is 4070. The lowest BCUT2D eigenvalue weighted by molar-refractivity contribution is 0.600. The minimum atomic E-state index is -0.316. The molecule has 0 saturated heterocycles. The average molecular weight is 892 g/mol. The summed E-state index contributed by atoms with van der Waals surface area (Å²) in [6, 6.07) is 58.9. The van der Waals surface area contributed by atoms with Crippen LogP contribution in [0.4, 0.5) is 17.1 Å². The van der Waals surface area contributed by atoms with E-state index in [-0.39, 0.29) is 16.2 Å². The summed E-state index contributed by atoms with van der Waals surface area (Å²) >= 11 is 0. The van der Waals surface area contributed by atoms with Gasteiger partial charge in [-0.1, -0.05) is 156 Å². The Morgan fingerprint density at radius 1 is 0.362 bits per heavy atom. The molecule has 0 atom stereocenters. The third kappa shape index (κ3) is 5.23. The Morgan fingerprint density at radius 3 is 1.55 bits per heavy atom. The minimum Gasteiger partial charge on any atom is -0.455 e. The summed E-state index contributed by atoms with van der Waals surface area (Å²) in [4.78, 5) is 2.48. The van der Waals surface area contributed by atoms with Crippen molar-refractivity contribution in [2.24, 2.45) is 0 Å². The number of hydrogen-bond acceptors (Lipinski definition) is 3. The van der Waals surface area contributed by atoms with E-state index in [0.29, 0.717) is 0 Å². The molecule has 3 aliphatic rings. The summed E-state index contributed by atoms with van der Waals surface area (Å²) in [5.74, 6) is 0. The summed E-state index contributed by atoms with van der Waals surface area (Å²) < 4.78 is 13.9. The van der Waals surface area contributed by atoms with E-state index in [1.807, 2.05) is 0 Å². The first-order chi connectivity index (χ1) is 33.2. The number of benzene rings is 9. The van der Waals surface area contributed by atoms with E-state index in [1.54, 1.807) is 0 Å². The number of fused-ring (bicyclic) bond motifs is 19. The van der Waals surface area contributed by atoms with Gasteiger partial charge in [0.15, 0.2) is 0 Å². The van der Waals surface area contributed by atoms with Crippen LogP contribution in [0.1, 0.15) is 91.6 Å². The number of rotatable bonds is 4. The third-order valence-electron chi connectivity index (χ3n) is 16.6. The molecule has 3 heteroatoms. The molecule has 0 unspecified atom stereocenters. The van der Waals surface area contributed by atoms with Gasteiger partial charge in [-0.25, -0.2) is 0 Å². The van der Waals surface area contributed by atoms with Crippen molar-refractivity contribution < 1.29 is 8.83 Å². The SMILES string of the molecule is Cc1ccc(N(c2ccc3c(c2)C(C)(C)c2cc(-c4ccc(C)cc4C)c4oc5ccccc5c4c2-3)c2ccc3c(c2)C(C)(C)c2c4c(c5oc6ccccc6c5c2-3)-c2ccccc2C4(C)C)cc1. The van der Waals surface area contributed by atoms with Gasteiger partial charge in [0.05, 0.1) is 0 Å². The van der Waals surface area contributed by atoms with Gasteiger partial charge in [-0.15, -0.1) is 0 Å².